The Labute approximate surface area is 341 Å². The van der Waals surface area contributed by atoms with Crippen molar-refractivity contribution in [2.45, 2.75) is 172 Å². The van der Waals surface area contributed by atoms with Gasteiger partial charge in [-0.25, -0.2) is 0 Å². The Morgan fingerprint density at radius 2 is 0.745 bits per heavy atom. The number of benzene rings is 3. The first kappa shape index (κ1) is 52.1. The lowest BCUT2D eigenvalue weighted by molar-refractivity contribution is 0.378. The van der Waals surface area contributed by atoms with Crippen LogP contribution in [0.15, 0.2) is 36.4 Å². The van der Waals surface area contributed by atoms with Gasteiger partial charge in [0.25, 0.3) is 0 Å². The summed E-state index contributed by atoms with van der Waals surface area (Å²) in [6, 6.07) is 13.3. The van der Waals surface area contributed by atoms with E-state index in [-0.39, 0.29) is 34.5 Å². The standard InChI is InChI=1S/C18H31N.C17H29NO.C14H23NO.CH4/c1-13-15(17(2,3)4)10-14(12-19(8)9)11-16(13)18(5,6)7;1-16(2,3)13-9-12(11-18(7)8)15(19)14(10-13)17(4,5)6;1-10-7-11(9-15(5)6)8-12(13(10)16)14(2,3)4;/h10-11H,12H2,1-9H3;9-10,19H,11H2,1-8H3;7-8,16H,9H2,1-6H3;1H4. The maximum absolute atomic E-state index is 10.5. The van der Waals surface area contributed by atoms with Crippen molar-refractivity contribution in [3.8, 4) is 11.5 Å². The lowest BCUT2D eigenvalue weighted by Crippen LogP contribution is -2.21. The van der Waals surface area contributed by atoms with Gasteiger partial charge in [0.05, 0.1) is 0 Å². The molecule has 0 aliphatic rings. The Balaban J connectivity index is 0.000000792. The van der Waals surface area contributed by atoms with E-state index in [1.54, 1.807) is 0 Å². The van der Waals surface area contributed by atoms with Crippen LogP contribution in [-0.4, -0.2) is 67.2 Å². The molecule has 0 unspecified atom stereocenters. The average Bonchev–Trinajstić information content (AvgIpc) is 2.93. The highest BCUT2D eigenvalue weighted by atomic mass is 16.3. The van der Waals surface area contributed by atoms with Gasteiger partial charge in [-0.3, -0.25) is 0 Å². The summed E-state index contributed by atoms with van der Waals surface area (Å²) in [5, 5.41) is 20.6. The first-order chi connectivity index (χ1) is 24.1. The van der Waals surface area contributed by atoms with Gasteiger partial charge in [-0.15, -0.1) is 0 Å². The molecule has 55 heavy (non-hydrogen) atoms. The van der Waals surface area contributed by atoms with Crippen LogP contribution in [0.2, 0.25) is 0 Å². The Morgan fingerprint density at radius 3 is 1.07 bits per heavy atom. The van der Waals surface area contributed by atoms with E-state index in [2.05, 4.69) is 190 Å². The van der Waals surface area contributed by atoms with Crippen LogP contribution in [0.25, 0.3) is 0 Å². The van der Waals surface area contributed by atoms with Crippen LogP contribution in [0.1, 0.15) is 167 Å². The number of phenolic OH excluding ortho intramolecular Hbond substituents is 2. The molecule has 0 aliphatic carbocycles. The molecule has 0 saturated carbocycles. The highest BCUT2D eigenvalue weighted by Crippen LogP contribution is 2.39. The summed E-state index contributed by atoms with van der Waals surface area (Å²) in [6.45, 7) is 40.2. The molecule has 0 amide bonds. The summed E-state index contributed by atoms with van der Waals surface area (Å²) in [4.78, 5) is 6.47. The topological polar surface area (TPSA) is 50.2 Å². The first-order valence-corrected chi connectivity index (χ1v) is 19.9. The molecule has 0 aliphatic heterocycles. The van der Waals surface area contributed by atoms with Gasteiger partial charge in [-0.1, -0.05) is 148 Å². The van der Waals surface area contributed by atoms with Crippen LogP contribution in [-0.2, 0) is 46.7 Å². The van der Waals surface area contributed by atoms with Gasteiger partial charge >= 0.3 is 0 Å². The van der Waals surface area contributed by atoms with E-state index in [0.717, 1.165) is 41.9 Å². The fraction of sp³-hybridized carbons (Fsp3) is 0.640. The molecule has 0 atom stereocenters. The van der Waals surface area contributed by atoms with Crippen molar-refractivity contribution >= 4 is 0 Å². The number of rotatable bonds is 6. The molecule has 5 heteroatoms. The molecular formula is C50H87N3O2. The number of hydrogen-bond acceptors (Lipinski definition) is 5. The molecule has 0 aromatic heterocycles. The zero-order valence-corrected chi connectivity index (χ0v) is 39.3. The number of hydrogen-bond donors (Lipinski definition) is 2. The SMILES string of the molecule is C.CN(C)Cc1cc(C(C)(C)C)cc(C(C)(C)C)c1O.Cc1c(C(C)(C)C)cc(CN(C)C)cc1C(C)(C)C.Cc1cc(CN(C)C)cc(C(C)(C)C)c1O. The second-order valence-electron chi connectivity index (χ2n) is 21.6. The Morgan fingerprint density at radius 1 is 0.418 bits per heavy atom. The highest BCUT2D eigenvalue weighted by molar-refractivity contribution is 5.49. The first-order valence-electron chi connectivity index (χ1n) is 19.9. The third kappa shape index (κ3) is 16.3. The van der Waals surface area contributed by atoms with Crippen molar-refractivity contribution < 1.29 is 10.2 Å². The Kier molecular flexibility index (Phi) is 18.5. The smallest absolute Gasteiger partial charge is 0.123 e. The molecule has 3 rings (SSSR count). The lowest BCUT2D eigenvalue weighted by Gasteiger charge is -2.30. The van der Waals surface area contributed by atoms with E-state index in [9.17, 15) is 10.2 Å². The third-order valence-corrected chi connectivity index (χ3v) is 9.60. The fourth-order valence-corrected chi connectivity index (χ4v) is 6.83. The Bertz CT molecular complexity index is 1610. The maximum atomic E-state index is 10.5. The monoisotopic (exact) mass is 762 g/mol. The van der Waals surface area contributed by atoms with Gasteiger partial charge in [0.2, 0.25) is 0 Å². The molecule has 0 radical (unpaired) electrons. The molecule has 2 N–H and O–H groups in total. The van der Waals surface area contributed by atoms with Gasteiger partial charge in [-0.05, 0) is 133 Å². The zero-order chi connectivity index (χ0) is 42.5. The Hall–Kier alpha value is -2.86. The van der Waals surface area contributed by atoms with E-state index >= 15 is 0 Å². The summed E-state index contributed by atoms with van der Waals surface area (Å²) in [5.41, 5.74) is 12.9. The van der Waals surface area contributed by atoms with E-state index in [4.69, 9.17) is 0 Å². The lowest BCUT2D eigenvalue weighted by atomic mass is 9.76. The van der Waals surface area contributed by atoms with Crippen molar-refractivity contribution in [3.05, 3.63) is 92.0 Å². The van der Waals surface area contributed by atoms with Crippen LogP contribution < -0.4 is 0 Å². The van der Waals surface area contributed by atoms with Crippen molar-refractivity contribution in [2.75, 3.05) is 42.3 Å². The molecule has 0 bridgehead atoms. The third-order valence-electron chi connectivity index (χ3n) is 9.60. The number of nitrogens with zero attached hydrogens (tertiary/aromatic N) is 3. The molecule has 0 heterocycles. The van der Waals surface area contributed by atoms with Gasteiger partial charge in [0.1, 0.15) is 11.5 Å². The van der Waals surface area contributed by atoms with Crippen LogP contribution in [0.5, 0.6) is 11.5 Å². The summed E-state index contributed by atoms with van der Waals surface area (Å²) in [5.74, 6) is 0.893. The van der Waals surface area contributed by atoms with Crippen LogP contribution in [0.3, 0.4) is 0 Å². The summed E-state index contributed by atoms with van der Waals surface area (Å²) in [6.07, 6.45) is 0. The second kappa shape index (κ2) is 19.5. The van der Waals surface area contributed by atoms with Crippen LogP contribution in [0, 0.1) is 13.8 Å². The molecule has 5 nitrogen and oxygen atoms in total. The molecule has 0 fully saturated rings. The van der Waals surface area contributed by atoms with Crippen molar-refractivity contribution in [2.24, 2.45) is 0 Å². The number of aryl methyl sites for hydroxylation is 1. The van der Waals surface area contributed by atoms with E-state index in [1.807, 2.05) is 21.0 Å². The van der Waals surface area contributed by atoms with Gasteiger partial charge in [-0.2, -0.15) is 0 Å². The minimum absolute atomic E-state index is 0. The molecule has 3 aromatic rings. The molecule has 0 spiro atoms. The fourth-order valence-electron chi connectivity index (χ4n) is 6.83. The molecule has 314 valence electrons. The summed E-state index contributed by atoms with van der Waals surface area (Å²) in [7, 11) is 12.4. The maximum Gasteiger partial charge on any atom is 0.123 e. The largest absolute Gasteiger partial charge is 0.507 e. The number of aromatic hydroxyl groups is 2. The van der Waals surface area contributed by atoms with Gasteiger partial charge < -0.3 is 24.9 Å². The summed E-state index contributed by atoms with van der Waals surface area (Å²) >= 11 is 0. The quantitative estimate of drug-likeness (QED) is 0.262. The molecule has 3 aromatic carbocycles. The van der Waals surface area contributed by atoms with Crippen molar-refractivity contribution in [3.63, 3.8) is 0 Å². The number of phenols is 2. The normalized spacial score (nSPS) is 12.6. The van der Waals surface area contributed by atoms with Gasteiger partial charge in [0.15, 0.2) is 0 Å². The van der Waals surface area contributed by atoms with E-state index in [1.165, 1.54) is 33.4 Å². The van der Waals surface area contributed by atoms with Crippen LogP contribution >= 0.6 is 0 Å². The van der Waals surface area contributed by atoms with Gasteiger partial charge in [0, 0.05) is 25.2 Å². The average molecular weight is 762 g/mol. The van der Waals surface area contributed by atoms with Crippen LogP contribution in [0.4, 0.5) is 0 Å². The van der Waals surface area contributed by atoms with Crippen molar-refractivity contribution in [1.29, 1.82) is 0 Å². The van der Waals surface area contributed by atoms with E-state index in [0.29, 0.717) is 11.5 Å². The highest BCUT2D eigenvalue weighted by Gasteiger charge is 2.26. The summed E-state index contributed by atoms with van der Waals surface area (Å²) < 4.78 is 0. The van der Waals surface area contributed by atoms with Crippen molar-refractivity contribution in [1.82, 2.24) is 14.7 Å². The zero-order valence-electron chi connectivity index (χ0n) is 39.3. The second-order valence-corrected chi connectivity index (χ2v) is 21.6. The molecule has 0 saturated heterocycles. The predicted molar refractivity (Wildman–Crippen MR) is 245 cm³/mol. The minimum atomic E-state index is -0.0492. The molecular weight excluding hydrogens is 675 g/mol. The van der Waals surface area contributed by atoms with E-state index < -0.39 is 0 Å². The minimum Gasteiger partial charge on any atom is -0.507 e. The predicted octanol–water partition coefficient (Wildman–Crippen LogP) is 12.4.